The summed E-state index contributed by atoms with van der Waals surface area (Å²) in [4.78, 5) is 26.7. The average Bonchev–Trinajstić information content (AvgIpc) is 3.20. The van der Waals surface area contributed by atoms with E-state index in [4.69, 9.17) is 21.4 Å². The van der Waals surface area contributed by atoms with Crippen LogP contribution in [0, 0.1) is 5.92 Å². The summed E-state index contributed by atoms with van der Waals surface area (Å²) in [6, 6.07) is 14.8. The highest BCUT2D eigenvalue weighted by atomic mass is 35.5. The van der Waals surface area contributed by atoms with Crippen LogP contribution >= 0.6 is 11.6 Å². The number of amides is 1. The van der Waals surface area contributed by atoms with E-state index in [2.05, 4.69) is 10.2 Å². The Balaban J connectivity index is 1.14. The molecule has 33 heavy (non-hydrogen) atoms. The molecule has 174 valence electrons. The van der Waals surface area contributed by atoms with Crippen molar-refractivity contribution in [2.75, 3.05) is 13.1 Å². The Hall–Kier alpha value is -2.57. The average molecular weight is 469 g/mol. The molecule has 7 heteroatoms. The van der Waals surface area contributed by atoms with Crippen LogP contribution in [-0.4, -0.2) is 47.1 Å². The zero-order chi connectivity index (χ0) is 23.0. The Morgan fingerprint density at radius 3 is 2.58 bits per heavy atom. The lowest BCUT2D eigenvalue weighted by molar-refractivity contribution is -0.126. The lowest BCUT2D eigenvalue weighted by Crippen LogP contribution is -2.39. The van der Waals surface area contributed by atoms with E-state index in [1.54, 1.807) is 12.1 Å². The first-order valence-electron chi connectivity index (χ1n) is 11.7. The molecule has 3 fully saturated rings. The smallest absolute Gasteiger partial charge is 0.335 e. The molecule has 5 rings (SSSR count). The van der Waals surface area contributed by atoms with Crippen LogP contribution in [0.2, 0.25) is 5.02 Å². The summed E-state index contributed by atoms with van der Waals surface area (Å²) in [5.74, 6) is 0.0283. The molecule has 6 nitrogen and oxygen atoms in total. The second kappa shape index (κ2) is 8.99. The molecule has 0 aromatic heterocycles. The van der Waals surface area contributed by atoms with Gasteiger partial charge in [-0.3, -0.25) is 9.69 Å². The predicted octanol–water partition coefficient (Wildman–Crippen LogP) is 4.47. The molecule has 2 aliphatic carbocycles. The molecular weight excluding hydrogens is 440 g/mol. The van der Waals surface area contributed by atoms with E-state index < -0.39 is 5.97 Å². The summed E-state index contributed by atoms with van der Waals surface area (Å²) in [5.41, 5.74) is 0.939. The quantitative estimate of drug-likeness (QED) is 0.627. The fourth-order valence-corrected chi connectivity index (χ4v) is 5.50. The van der Waals surface area contributed by atoms with E-state index in [0.717, 1.165) is 62.9 Å². The first-order valence-corrected chi connectivity index (χ1v) is 12.1. The van der Waals surface area contributed by atoms with Crippen LogP contribution in [0.3, 0.4) is 0 Å². The van der Waals surface area contributed by atoms with Crippen molar-refractivity contribution in [3.8, 4) is 5.75 Å². The summed E-state index contributed by atoms with van der Waals surface area (Å²) < 4.78 is 6.12. The number of halogens is 1. The number of carboxylic acids is 1. The topological polar surface area (TPSA) is 78.9 Å². The van der Waals surface area contributed by atoms with Crippen molar-refractivity contribution in [1.29, 1.82) is 0 Å². The number of carboxylic acid groups (broad SMARTS) is 1. The van der Waals surface area contributed by atoms with Gasteiger partial charge in [-0.15, -0.1) is 0 Å². The monoisotopic (exact) mass is 468 g/mol. The summed E-state index contributed by atoms with van der Waals surface area (Å²) in [6.45, 7) is 1.87. The van der Waals surface area contributed by atoms with Crippen LogP contribution in [-0.2, 0) is 10.3 Å². The Morgan fingerprint density at radius 2 is 1.88 bits per heavy atom. The Morgan fingerprint density at radius 1 is 1.09 bits per heavy atom. The van der Waals surface area contributed by atoms with E-state index in [1.165, 1.54) is 0 Å². The molecule has 1 aliphatic heterocycles. The number of nitrogens with one attached hydrogen (secondary N) is 1. The third kappa shape index (κ3) is 4.87. The molecule has 3 atom stereocenters. The number of hydrogen-bond acceptors (Lipinski definition) is 4. The summed E-state index contributed by atoms with van der Waals surface area (Å²) in [6.07, 6.45) is 5.74. The van der Waals surface area contributed by atoms with Gasteiger partial charge in [-0.25, -0.2) is 4.79 Å². The molecule has 0 spiro atoms. The van der Waals surface area contributed by atoms with Gasteiger partial charge in [0.1, 0.15) is 11.9 Å². The number of rotatable bonds is 7. The highest BCUT2D eigenvalue weighted by molar-refractivity contribution is 6.30. The zero-order valence-corrected chi connectivity index (χ0v) is 19.3. The molecule has 3 aliphatic rings. The molecule has 2 aromatic carbocycles. The van der Waals surface area contributed by atoms with Crippen molar-refractivity contribution in [3.63, 3.8) is 0 Å². The maximum atomic E-state index is 13.1. The van der Waals surface area contributed by atoms with Gasteiger partial charge in [0.25, 0.3) is 0 Å². The van der Waals surface area contributed by atoms with Crippen LogP contribution in [0.25, 0.3) is 0 Å². The van der Waals surface area contributed by atoms with Gasteiger partial charge >= 0.3 is 5.97 Å². The molecule has 0 bridgehead atoms. The summed E-state index contributed by atoms with van der Waals surface area (Å²) in [5, 5.41) is 13.1. The number of benzene rings is 2. The second-order valence-electron chi connectivity index (χ2n) is 9.60. The highest BCUT2D eigenvalue weighted by Gasteiger charge is 2.47. The Kier molecular flexibility index (Phi) is 6.06. The second-order valence-corrected chi connectivity index (χ2v) is 10.0. The van der Waals surface area contributed by atoms with Gasteiger partial charge in [-0.2, -0.15) is 0 Å². The van der Waals surface area contributed by atoms with Crippen LogP contribution in [0.1, 0.15) is 54.4 Å². The Labute approximate surface area is 198 Å². The SMILES string of the molecule is O=C(O)c1ccc(C2(NC(=O)C3CCC(N4CC[C@@H](Oc5cccc(Cl)c5)C4)C3)CC2)cc1. The van der Waals surface area contributed by atoms with Gasteiger partial charge in [0.05, 0.1) is 11.1 Å². The molecule has 2 N–H and O–H groups in total. The van der Waals surface area contributed by atoms with E-state index in [0.29, 0.717) is 11.1 Å². The first kappa shape index (κ1) is 22.2. The van der Waals surface area contributed by atoms with Gasteiger partial charge in [-0.1, -0.05) is 29.8 Å². The molecule has 1 heterocycles. The normalized spacial score (nSPS) is 26.2. The Bertz CT molecular complexity index is 1040. The minimum absolute atomic E-state index is 0.0265. The molecule has 1 saturated heterocycles. The minimum atomic E-state index is -0.936. The van der Waals surface area contributed by atoms with Gasteiger partial charge in [0, 0.05) is 30.1 Å². The van der Waals surface area contributed by atoms with E-state index in [9.17, 15) is 9.59 Å². The number of nitrogens with zero attached hydrogens (tertiary/aromatic N) is 1. The molecule has 0 radical (unpaired) electrons. The number of likely N-dealkylation sites (tertiary alicyclic amines) is 1. The van der Waals surface area contributed by atoms with Gasteiger partial charge in [0.2, 0.25) is 5.91 Å². The van der Waals surface area contributed by atoms with Gasteiger partial charge < -0.3 is 15.2 Å². The number of carbonyl (C=O) groups excluding carboxylic acids is 1. The maximum Gasteiger partial charge on any atom is 0.335 e. The molecular formula is C26H29ClN2O4. The van der Waals surface area contributed by atoms with Gasteiger partial charge in [-0.05, 0) is 74.4 Å². The third-order valence-electron chi connectivity index (χ3n) is 7.36. The first-order chi connectivity index (χ1) is 15.9. The summed E-state index contributed by atoms with van der Waals surface area (Å²) >= 11 is 6.07. The van der Waals surface area contributed by atoms with E-state index in [-0.39, 0.29) is 29.0 Å². The standard InChI is InChI=1S/C26H29ClN2O4/c27-20-2-1-3-22(15-20)33-23-10-13-29(16-23)21-9-6-18(14-21)24(30)28-26(11-12-26)19-7-4-17(5-8-19)25(31)32/h1-5,7-8,15,18,21,23H,6,9-14,16H2,(H,28,30)(H,31,32)/t18?,21?,23-/m1/s1. The van der Waals surface area contributed by atoms with E-state index in [1.807, 2.05) is 36.4 Å². The number of hydrogen-bond donors (Lipinski definition) is 2. The minimum Gasteiger partial charge on any atom is -0.489 e. The van der Waals surface area contributed by atoms with Crippen molar-refractivity contribution in [2.45, 2.75) is 56.2 Å². The lowest BCUT2D eigenvalue weighted by Gasteiger charge is -2.25. The largest absolute Gasteiger partial charge is 0.489 e. The van der Waals surface area contributed by atoms with Crippen LogP contribution in [0.4, 0.5) is 0 Å². The number of ether oxygens (including phenoxy) is 1. The van der Waals surface area contributed by atoms with Crippen molar-refractivity contribution in [1.82, 2.24) is 10.2 Å². The fourth-order valence-electron chi connectivity index (χ4n) is 5.32. The molecule has 1 amide bonds. The molecule has 2 unspecified atom stereocenters. The third-order valence-corrected chi connectivity index (χ3v) is 7.60. The van der Waals surface area contributed by atoms with Crippen molar-refractivity contribution in [3.05, 3.63) is 64.7 Å². The van der Waals surface area contributed by atoms with Crippen molar-refractivity contribution < 1.29 is 19.4 Å². The van der Waals surface area contributed by atoms with Crippen LogP contribution < -0.4 is 10.1 Å². The van der Waals surface area contributed by atoms with Crippen molar-refractivity contribution in [2.24, 2.45) is 5.92 Å². The summed E-state index contributed by atoms with van der Waals surface area (Å²) in [7, 11) is 0. The predicted molar refractivity (Wildman–Crippen MR) is 126 cm³/mol. The highest BCUT2D eigenvalue weighted by Crippen LogP contribution is 2.46. The van der Waals surface area contributed by atoms with Crippen molar-refractivity contribution >= 4 is 23.5 Å². The molecule has 2 saturated carbocycles. The number of carbonyl (C=O) groups is 2. The van der Waals surface area contributed by atoms with Gasteiger partial charge in [0.15, 0.2) is 0 Å². The van der Waals surface area contributed by atoms with Crippen LogP contribution in [0.5, 0.6) is 5.75 Å². The lowest BCUT2D eigenvalue weighted by atomic mass is 10.0. The molecule has 2 aromatic rings. The van der Waals surface area contributed by atoms with E-state index >= 15 is 0 Å². The van der Waals surface area contributed by atoms with Crippen LogP contribution in [0.15, 0.2) is 48.5 Å². The zero-order valence-electron chi connectivity index (χ0n) is 18.5. The number of aromatic carboxylic acids is 1. The maximum absolute atomic E-state index is 13.1. The fraction of sp³-hybridized carbons (Fsp3) is 0.462.